The number of rotatable bonds is 6. The second-order valence-corrected chi connectivity index (χ2v) is 6.33. The van der Waals surface area contributed by atoms with Crippen molar-refractivity contribution in [3.63, 3.8) is 0 Å². The fraction of sp³-hybridized carbons (Fsp3) is 0.136. The van der Waals surface area contributed by atoms with Gasteiger partial charge < -0.3 is 14.8 Å². The Morgan fingerprint density at radius 2 is 1.69 bits per heavy atom. The van der Waals surface area contributed by atoms with E-state index in [-0.39, 0.29) is 5.91 Å². The average Bonchev–Trinajstić information content (AvgIpc) is 3.07. The second kappa shape index (κ2) is 8.02. The smallest absolute Gasteiger partial charge is 0.261 e. The van der Waals surface area contributed by atoms with Crippen molar-refractivity contribution in [3.05, 3.63) is 78.2 Å². The number of hydrogen-bond donors (Lipinski definition) is 1. The molecule has 0 spiro atoms. The van der Waals surface area contributed by atoms with Gasteiger partial charge in [0.15, 0.2) is 5.65 Å². The number of aromatic nitrogens is 3. The molecule has 0 unspecified atom stereocenters. The SMILES string of the molecule is CCOc1ccc(Oc2ccc(NC(=O)c3c(C)nn4cccnc34)cc2)cc1. The quantitative estimate of drug-likeness (QED) is 0.527. The Kier molecular flexibility index (Phi) is 5.11. The Hall–Kier alpha value is -3.87. The Labute approximate surface area is 167 Å². The number of aryl methyl sites for hydroxylation is 1. The predicted octanol–water partition coefficient (Wildman–Crippen LogP) is 4.48. The summed E-state index contributed by atoms with van der Waals surface area (Å²) in [6.45, 7) is 4.35. The summed E-state index contributed by atoms with van der Waals surface area (Å²) < 4.78 is 12.8. The molecule has 2 aromatic carbocycles. The third kappa shape index (κ3) is 4.03. The van der Waals surface area contributed by atoms with Crippen LogP contribution in [0.4, 0.5) is 5.69 Å². The number of hydrogen-bond acceptors (Lipinski definition) is 5. The number of anilines is 1. The van der Waals surface area contributed by atoms with Gasteiger partial charge in [0.05, 0.1) is 12.3 Å². The van der Waals surface area contributed by atoms with E-state index >= 15 is 0 Å². The Balaban J connectivity index is 1.45. The van der Waals surface area contributed by atoms with E-state index in [4.69, 9.17) is 9.47 Å². The second-order valence-electron chi connectivity index (χ2n) is 6.33. The van der Waals surface area contributed by atoms with Crippen LogP contribution in [0.25, 0.3) is 5.65 Å². The van der Waals surface area contributed by atoms with Crippen LogP contribution in [0.15, 0.2) is 67.0 Å². The van der Waals surface area contributed by atoms with Gasteiger partial charge in [-0.15, -0.1) is 0 Å². The largest absolute Gasteiger partial charge is 0.494 e. The minimum Gasteiger partial charge on any atom is -0.494 e. The van der Waals surface area contributed by atoms with E-state index in [0.717, 1.165) is 5.75 Å². The van der Waals surface area contributed by atoms with E-state index in [1.165, 1.54) is 0 Å². The molecule has 0 aliphatic rings. The molecular formula is C22H20N4O3. The lowest BCUT2D eigenvalue weighted by atomic mass is 10.2. The zero-order valence-electron chi connectivity index (χ0n) is 16.1. The maximum atomic E-state index is 12.7. The van der Waals surface area contributed by atoms with E-state index in [9.17, 15) is 4.79 Å². The Bertz CT molecular complexity index is 1140. The molecule has 1 amide bonds. The maximum absolute atomic E-state index is 12.7. The summed E-state index contributed by atoms with van der Waals surface area (Å²) in [5, 5.41) is 7.20. The van der Waals surface area contributed by atoms with Crippen molar-refractivity contribution >= 4 is 17.2 Å². The lowest BCUT2D eigenvalue weighted by Crippen LogP contribution is -2.13. The first kappa shape index (κ1) is 18.5. The topological polar surface area (TPSA) is 77.8 Å². The van der Waals surface area contributed by atoms with Crippen molar-refractivity contribution in [2.24, 2.45) is 0 Å². The lowest BCUT2D eigenvalue weighted by molar-refractivity contribution is 0.102. The molecule has 0 saturated carbocycles. The molecule has 2 heterocycles. The first-order valence-corrected chi connectivity index (χ1v) is 9.26. The van der Waals surface area contributed by atoms with E-state index in [1.807, 2.05) is 31.2 Å². The molecule has 0 atom stereocenters. The Morgan fingerprint density at radius 1 is 1.03 bits per heavy atom. The number of fused-ring (bicyclic) bond motifs is 1. The van der Waals surface area contributed by atoms with Crippen molar-refractivity contribution in [2.45, 2.75) is 13.8 Å². The summed E-state index contributed by atoms with van der Waals surface area (Å²) in [6.07, 6.45) is 3.40. The van der Waals surface area contributed by atoms with Crippen LogP contribution in [0.2, 0.25) is 0 Å². The summed E-state index contributed by atoms with van der Waals surface area (Å²) in [6, 6.07) is 16.4. The first-order valence-electron chi connectivity index (χ1n) is 9.26. The maximum Gasteiger partial charge on any atom is 0.261 e. The number of benzene rings is 2. The minimum atomic E-state index is -0.253. The summed E-state index contributed by atoms with van der Waals surface area (Å²) >= 11 is 0. The third-order valence-electron chi connectivity index (χ3n) is 4.28. The van der Waals surface area contributed by atoms with Gasteiger partial charge in [-0.25, -0.2) is 9.50 Å². The van der Waals surface area contributed by atoms with E-state index in [0.29, 0.717) is 40.7 Å². The third-order valence-corrected chi connectivity index (χ3v) is 4.28. The monoisotopic (exact) mass is 388 g/mol. The highest BCUT2D eigenvalue weighted by molar-refractivity contribution is 6.09. The molecule has 0 radical (unpaired) electrons. The van der Waals surface area contributed by atoms with Crippen LogP contribution in [0.3, 0.4) is 0 Å². The van der Waals surface area contributed by atoms with Gasteiger partial charge >= 0.3 is 0 Å². The summed E-state index contributed by atoms with van der Waals surface area (Å²) in [5.41, 5.74) is 2.26. The van der Waals surface area contributed by atoms with Gasteiger partial charge in [-0.05, 0) is 68.4 Å². The van der Waals surface area contributed by atoms with Gasteiger partial charge in [0.2, 0.25) is 0 Å². The normalized spacial score (nSPS) is 10.7. The number of carbonyl (C=O) groups excluding carboxylic acids is 1. The van der Waals surface area contributed by atoms with Crippen LogP contribution in [0.1, 0.15) is 23.0 Å². The summed E-state index contributed by atoms with van der Waals surface area (Å²) in [5.74, 6) is 1.92. The van der Waals surface area contributed by atoms with Crippen LogP contribution < -0.4 is 14.8 Å². The van der Waals surface area contributed by atoms with Crippen LogP contribution >= 0.6 is 0 Å². The molecule has 7 heteroatoms. The fourth-order valence-corrected chi connectivity index (χ4v) is 2.97. The summed E-state index contributed by atoms with van der Waals surface area (Å²) in [4.78, 5) is 17.0. The molecule has 0 fully saturated rings. The van der Waals surface area contributed by atoms with Gasteiger partial charge in [-0.3, -0.25) is 4.79 Å². The number of nitrogens with one attached hydrogen (secondary N) is 1. The number of amides is 1. The van der Waals surface area contributed by atoms with E-state index in [2.05, 4.69) is 15.4 Å². The molecule has 0 aliphatic heterocycles. The van der Waals surface area contributed by atoms with Crippen LogP contribution in [0, 0.1) is 6.92 Å². The van der Waals surface area contributed by atoms with Gasteiger partial charge in [-0.1, -0.05) is 0 Å². The highest BCUT2D eigenvalue weighted by Gasteiger charge is 2.18. The van der Waals surface area contributed by atoms with Crippen molar-refractivity contribution in [1.82, 2.24) is 14.6 Å². The first-order chi connectivity index (χ1) is 14.1. The van der Waals surface area contributed by atoms with Crippen molar-refractivity contribution in [3.8, 4) is 17.2 Å². The molecule has 2 aromatic heterocycles. The van der Waals surface area contributed by atoms with Gasteiger partial charge in [0, 0.05) is 18.1 Å². The molecule has 29 heavy (non-hydrogen) atoms. The molecule has 146 valence electrons. The fourth-order valence-electron chi connectivity index (χ4n) is 2.97. The molecule has 4 aromatic rings. The highest BCUT2D eigenvalue weighted by atomic mass is 16.5. The van der Waals surface area contributed by atoms with Crippen LogP contribution in [-0.4, -0.2) is 27.1 Å². The zero-order valence-corrected chi connectivity index (χ0v) is 16.1. The number of ether oxygens (including phenoxy) is 2. The van der Waals surface area contributed by atoms with Gasteiger partial charge in [-0.2, -0.15) is 5.10 Å². The average molecular weight is 388 g/mol. The van der Waals surface area contributed by atoms with Crippen molar-refractivity contribution in [2.75, 3.05) is 11.9 Å². The van der Waals surface area contributed by atoms with Crippen LogP contribution in [0.5, 0.6) is 17.2 Å². The highest BCUT2D eigenvalue weighted by Crippen LogP contribution is 2.25. The number of carbonyl (C=O) groups is 1. The molecule has 1 N–H and O–H groups in total. The summed E-state index contributed by atoms with van der Waals surface area (Å²) in [7, 11) is 0. The zero-order chi connectivity index (χ0) is 20.2. The van der Waals surface area contributed by atoms with E-state index < -0.39 is 0 Å². The molecule has 0 saturated heterocycles. The van der Waals surface area contributed by atoms with E-state index in [1.54, 1.807) is 54.2 Å². The molecular weight excluding hydrogens is 368 g/mol. The molecule has 4 rings (SSSR count). The minimum absolute atomic E-state index is 0.253. The molecule has 0 aliphatic carbocycles. The molecule has 7 nitrogen and oxygen atoms in total. The van der Waals surface area contributed by atoms with Gasteiger partial charge in [0.25, 0.3) is 5.91 Å². The van der Waals surface area contributed by atoms with Gasteiger partial charge in [0.1, 0.15) is 22.8 Å². The van der Waals surface area contributed by atoms with Crippen molar-refractivity contribution < 1.29 is 14.3 Å². The Morgan fingerprint density at radius 3 is 2.38 bits per heavy atom. The predicted molar refractivity (Wildman–Crippen MR) is 110 cm³/mol. The molecule has 0 bridgehead atoms. The standard InChI is InChI=1S/C22H20N4O3/c1-3-28-17-9-11-19(12-10-17)29-18-7-5-16(6-8-18)24-22(27)20-15(2)25-26-14-4-13-23-21(20)26/h4-14H,3H2,1-2H3,(H,24,27). The number of nitrogens with zero attached hydrogens (tertiary/aromatic N) is 3. The lowest BCUT2D eigenvalue weighted by Gasteiger charge is -2.09. The van der Waals surface area contributed by atoms with Crippen LogP contribution in [-0.2, 0) is 0 Å². The van der Waals surface area contributed by atoms with Crippen molar-refractivity contribution in [1.29, 1.82) is 0 Å².